The van der Waals surface area contributed by atoms with E-state index in [1.165, 1.54) is 58.4 Å². The van der Waals surface area contributed by atoms with Crippen LogP contribution in [0.4, 0.5) is 0 Å². The Morgan fingerprint density at radius 1 is 0.395 bits per heavy atom. The summed E-state index contributed by atoms with van der Waals surface area (Å²) in [5.74, 6) is 0. The van der Waals surface area contributed by atoms with E-state index in [1.807, 2.05) is 35.8 Å². The van der Waals surface area contributed by atoms with Crippen molar-refractivity contribution in [2.24, 2.45) is 0 Å². The molecule has 10 rings (SSSR count). The van der Waals surface area contributed by atoms with Gasteiger partial charge in [0.2, 0.25) is 0 Å². The molecule has 7 aromatic carbocycles. The van der Waals surface area contributed by atoms with Gasteiger partial charge in [0, 0.05) is 47.5 Å². The molecule has 0 atom stereocenters. The summed E-state index contributed by atoms with van der Waals surface area (Å²) in [7, 11) is 0. The van der Waals surface area contributed by atoms with Crippen LogP contribution < -0.4 is 0 Å². The Hall–Kier alpha value is -5.38. The minimum atomic E-state index is 0.787. The monoisotopic (exact) mass is 566 g/mol. The standard InChI is InChI=1S/C40H22O2S/c1-3-13-26-24(11-1)36(31-16-9-19-35-38(31)30-15-6-8-18-34(30)43-35)25-12-2-4-14-27(25)37(26)32-22-41-39-29(32)21-20-28-23-10-5-7-17-33(23)42-40(28)39/h1-22H. The highest BCUT2D eigenvalue weighted by atomic mass is 32.1. The first-order valence-electron chi connectivity index (χ1n) is 14.5. The van der Waals surface area contributed by atoms with Gasteiger partial charge >= 0.3 is 0 Å². The summed E-state index contributed by atoms with van der Waals surface area (Å²) >= 11 is 1.86. The van der Waals surface area contributed by atoms with Crippen LogP contribution in [0.3, 0.4) is 0 Å². The minimum absolute atomic E-state index is 0.787. The maximum Gasteiger partial charge on any atom is 0.178 e. The van der Waals surface area contributed by atoms with Gasteiger partial charge in [0.1, 0.15) is 5.58 Å². The number of benzene rings is 7. The zero-order chi connectivity index (χ0) is 28.1. The third-order valence-electron chi connectivity index (χ3n) is 8.96. The van der Waals surface area contributed by atoms with Crippen molar-refractivity contribution in [1.29, 1.82) is 0 Å². The lowest BCUT2D eigenvalue weighted by Gasteiger charge is -2.17. The fourth-order valence-corrected chi connectivity index (χ4v) is 8.29. The van der Waals surface area contributed by atoms with E-state index in [1.54, 1.807) is 0 Å². The van der Waals surface area contributed by atoms with E-state index >= 15 is 0 Å². The lowest BCUT2D eigenvalue weighted by atomic mass is 9.85. The summed E-state index contributed by atoms with van der Waals surface area (Å²) in [6, 6.07) is 45.7. The molecule has 2 nitrogen and oxygen atoms in total. The molecule has 0 saturated carbocycles. The van der Waals surface area contributed by atoms with Crippen LogP contribution in [-0.2, 0) is 0 Å². The molecule has 0 saturated heterocycles. The van der Waals surface area contributed by atoms with Crippen LogP contribution >= 0.6 is 11.3 Å². The molecule has 200 valence electrons. The molecule has 10 aromatic rings. The van der Waals surface area contributed by atoms with Crippen molar-refractivity contribution in [2.45, 2.75) is 0 Å². The molecule has 3 heterocycles. The molecule has 0 aliphatic carbocycles. The van der Waals surface area contributed by atoms with Gasteiger partial charge in [0.05, 0.1) is 6.26 Å². The molecule has 3 heteroatoms. The van der Waals surface area contributed by atoms with Gasteiger partial charge in [0.25, 0.3) is 0 Å². The topological polar surface area (TPSA) is 26.3 Å². The number of furan rings is 2. The Bertz CT molecular complexity index is 2680. The molecule has 0 spiro atoms. The summed E-state index contributed by atoms with van der Waals surface area (Å²) < 4.78 is 15.3. The van der Waals surface area contributed by atoms with E-state index in [-0.39, 0.29) is 0 Å². The van der Waals surface area contributed by atoms with Crippen LogP contribution in [-0.4, -0.2) is 0 Å². The number of para-hydroxylation sites is 1. The van der Waals surface area contributed by atoms with Crippen LogP contribution in [0.25, 0.3) is 96.9 Å². The SMILES string of the molecule is c1ccc2c(c1)oc1c2ccc2c(-c3c4ccccc4c(-c4cccc5sc6ccccc6c45)c4ccccc34)coc21. The predicted octanol–water partition coefficient (Wildman–Crippen LogP) is 12.3. The molecular formula is C40H22O2S. The summed E-state index contributed by atoms with van der Waals surface area (Å²) in [6.07, 6.45) is 1.91. The van der Waals surface area contributed by atoms with E-state index in [9.17, 15) is 0 Å². The molecule has 0 aliphatic heterocycles. The number of rotatable bonds is 2. The summed E-state index contributed by atoms with van der Waals surface area (Å²) in [5, 5.41) is 10.8. The van der Waals surface area contributed by atoms with Gasteiger partial charge in [-0.2, -0.15) is 0 Å². The molecule has 43 heavy (non-hydrogen) atoms. The lowest BCUT2D eigenvalue weighted by molar-refractivity contribution is 0.601. The van der Waals surface area contributed by atoms with Gasteiger partial charge in [0.15, 0.2) is 11.2 Å². The third kappa shape index (κ3) is 3.12. The first kappa shape index (κ1) is 23.2. The molecule has 0 N–H and O–H groups in total. The highest BCUT2D eigenvalue weighted by Gasteiger charge is 2.22. The van der Waals surface area contributed by atoms with Gasteiger partial charge in [-0.25, -0.2) is 0 Å². The van der Waals surface area contributed by atoms with Crippen LogP contribution in [0.15, 0.2) is 142 Å². The fourth-order valence-electron chi connectivity index (χ4n) is 7.16. The van der Waals surface area contributed by atoms with Crippen molar-refractivity contribution < 1.29 is 8.83 Å². The fraction of sp³-hybridized carbons (Fsp3) is 0. The Morgan fingerprint density at radius 3 is 1.72 bits per heavy atom. The van der Waals surface area contributed by atoms with E-state index in [0.717, 1.165) is 38.5 Å². The average molecular weight is 567 g/mol. The summed E-state index contributed by atoms with van der Waals surface area (Å²) in [5.41, 5.74) is 7.27. The molecular weight excluding hydrogens is 545 g/mol. The first-order chi connectivity index (χ1) is 21.3. The van der Waals surface area contributed by atoms with Gasteiger partial charge in [-0.15, -0.1) is 11.3 Å². The maximum absolute atomic E-state index is 6.36. The normalized spacial score (nSPS) is 12.2. The third-order valence-corrected chi connectivity index (χ3v) is 10.1. The van der Waals surface area contributed by atoms with Crippen molar-refractivity contribution in [3.63, 3.8) is 0 Å². The smallest absolute Gasteiger partial charge is 0.178 e. The second kappa shape index (κ2) is 8.57. The number of thiophene rings is 1. The highest BCUT2D eigenvalue weighted by molar-refractivity contribution is 7.25. The molecule has 3 aromatic heterocycles. The lowest BCUT2D eigenvalue weighted by Crippen LogP contribution is -1.90. The predicted molar refractivity (Wildman–Crippen MR) is 182 cm³/mol. The summed E-state index contributed by atoms with van der Waals surface area (Å²) in [4.78, 5) is 0. The Balaban J connectivity index is 1.34. The first-order valence-corrected chi connectivity index (χ1v) is 15.3. The van der Waals surface area contributed by atoms with E-state index in [4.69, 9.17) is 8.83 Å². The molecule has 0 amide bonds. The second-order valence-electron chi connectivity index (χ2n) is 11.2. The van der Waals surface area contributed by atoms with Crippen molar-refractivity contribution >= 4 is 86.0 Å². The largest absolute Gasteiger partial charge is 0.460 e. The zero-order valence-corrected chi connectivity index (χ0v) is 23.7. The molecule has 0 unspecified atom stereocenters. The van der Waals surface area contributed by atoms with Crippen molar-refractivity contribution in [3.8, 4) is 22.3 Å². The molecule has 0 radical (unpaired) electrons. The van der Waals surface area contributed by atoms with Crippen LogP contribution in [0.1, 0.15) is 0 Å². The van der Waals surface area contributed by atoms with Gasteiger partial charge in [-0.05, 0) is 63.0 Å². The average Bonchev–Trinajstić information content (AvgIpc) is 3.77. The van der Waals surface area contributed by atoms with Gasteiger partial charge < -0.3 is 8.83 Å². The quantitative estimate of drug-likeness (QED) is 0.195. The van der Waals surface area contributed by atoms with E-state index < -0.39 is 0 Å². The summed E-state index contributed by atoms with van der Waals surface area (Å²) in [6.45, 7) is 0. The van der Waals surface area contributed by atoms with Crippen LogP contribution in [0, 0.1) is 0 Å². The highest BCUT2D eigenvalue weighted by Crippen LogP contribution is 2.49. The minimum Gasteiger partial charge on any atom is -0.460 e. The van der Waals surface area contributed by atoms with Crippen LogP contribution in [0.5, 0.6) is 0 Å². The Morgan fingerprint density at radius 2 is 0.977 bits per heavy atom. The van der Waals surface area contributed by atoms with Crippen molar-refractivity contribution in [1.82, 2.24) is 0 Å². The number of hydrogen-bond donors (Lipinski definition) is 0. The van der Waals surface area contributed by atoms with Gasteiger partial charge in [-0.3, -0.25) is 0 Å². The van der Waals surface area contributed by atoms with Crippen molar-refractivity contribution in [3.05, 3.63) is 134 Å². The van der Waals surface area contributed by atoms with E-state index in [0.29, 0.717) is 0 Å². The van der Waals surface area contributed by atoms with Crippen molar-refractivity contribution in [2.75, 3.05) is 0 Å². The Kier molecular flexibility index (Phi) is 4.63. The zero-order valence-electron chi connectivity index (χ0n) is 22.9. The molecule has 0 aliphatic rings. The maximum atomic E-state index is 6.36. The van der Waals surface area contributed by atoms with Gasteiger partial charge in [-0.1, -0.05) is 97.1 Å². The van der Waals surface area contributed by atoms with Crippen LogP contribution in [0.2, 0.25) is 0 Å². The molecule has 0 fully saturated rings. The number of fused-ring (bicyclic) bond motifs is 10. The Labute approximate surface area is 250 Å². The second-order valence-corrected chi connectivity index (χ2v) is 12.3. The molecule has 0 bridgehead atoms. The van der Waals surface area contributed by atoms with E-state index in [2.05, 4.69) is 109 Å². The number of hydrogen-bond acceptors (Lipinski definition) is 3.